The molecular formula is C11H13N3O3. The quantitative estimate of drug-likeness (QED) is 0.714. The minimum absolute atomic E-state index is 0.211. The average molecular weight is 235 g/mol. The monoisotopic (exact) mass is 235 g/mol. The fourth-order valence-electron chi connectivity index (χ4n) is 2.26. The van der Waals surface area contributed by atoms with Crippen LogP contribution in [-0.2, 0) is 0 Å². The van der Waals surface area contributed by atoms with E-state index in [9.17, 15) is 14.7 Å². The number of aromatic amines is 1. The molecule has 90 valence electrons. The van der Waals surface area contributed by atoms with Gasteiger partial charge in [0.15, 0.2) is 0 Å². The summed E-state index contributed by atoms with van der Waals surface area (Å²) in [6, 6.07) is 2.67. The maximum atomic E-state index is 11.9. The van der Waals surface area contributed by atoms with Crippen molar-refractivity contribution < 1.29 is 9.90 Å². The molecule has 0 spiro atoms. The van der Waals surface area contributed by atoms with E-state index in [0.29, 0.717) is 19.0 Å². The molecule has 1 aliphatic carbocycles. The number of aromatic nitrogens is 2. The van der Waals surface area contributed by atoms with Crippen LogP contribution in [0.4, 0.5) is 0 Å². The molecule has 2 fully saturated rings. The van der Waals surface area contributed by atoms with Gasteiger partial charge in [0.1, 0.15) is 11.3 Å². The second-order valence-electron chi connectivity index (χ2n) is 4.85. The van der Waals surface area contributed by atoms with Crippen LogP contribution in [0.25, 0.3) is 0 Å². The third-order valence-electron chi connectivity index (χ3n) is 3.45. The number of nitrogens with zero attached hydrogens (tertiary/aromatic N) is 2. The van der Waals surface area contributed by atoms with Crippen LogP contribution in [0.5, 0.6) is 0 Å². The summed E-state index contributed by atoms with van der Waals surface area (Å²) in [5.41, 5.74) is -0.806. The fourth-order valence-corrected chi connectivity index (χ4v) is 2.26. The molecule has 2 heterocycles. The molecule has 6 nitrogen and oxygen atoms in total. The Bertz CT molecular complexity index is 494. The number of carbonyl (C=O) groups excluding carboxylic acids is 1. The summed E-state index contributed by atoms with van der Waals surface area (Å²) in [5, 5.41) is 16.0. The first-order valence-corrected chi connectivity index (χ1v) is 5.66. The van der Waals surface area contributed by atoms with E-state index in [2.05, 4.69) is 10.2 Å². The zero-order valence-corrected chi connectivity index (χ0v) is 9.22. The Hall–Kier alpha value is -1.69. The first kappa shape index (κ1) is 10.5. The van der Waals surface area contributed by atoms with Crippen LogP contribution < -0.4 is 5.56 Å². The van der Waals surface area contributed by atoms with Crippen molar-refractivity contribution in [1.29, 1.82) is 0 Å². The summed E-state index contributed by atoms with van der Waals surface area (Å²) in [4.78, 5) is 24.3. The Kier molecular flexibility index (Phi) is 2.09. The standard InChI is InChI=1S/C11H13N3O3/c15-9-4-3-8(12-13-9)10(16)14-5-11(17,6-14)7-1-2-7/h3-4,7,17H,1-2,5-6H2,(H,13,15). The van der Waals surface area contributed by atoms with Gasteiger partial charge in [0.2, 0.25) is 0 Å². The second-order valence-corrected chi connectivity index (χ2v) is 4.85. The summed E-state index contributed by atoms with van der Waals surface area (Å²) >= 11 is 0. The Labute approximate surface area is 97.3 Å². The van der Waals surface area contributed by atoms with E-state index >= 15 is 0 Å². The normalized spacial score (nSPS) is 22.1. The lowest BCUT2D eigenvalue weighted by Gasteiger charge is -2.46. The first-order chi connectivity index (χ1) is 8.08. The minimum atomic E-state index is -0.683. The molecule has 0 radical (unpaired) electrons. The van der Waals surface area contributed by atoms with Crippen molar-refractivity contribution >= 4 is 5.91 Å². The molecule has 0 unspecified atom stereocenters. The molecule has 17 heavy (non-hydrogen) atoms. The molecule has 0 atom stereocenters. The van der Waals surface area contributed by atoms with Crippen molar-refractivity contribution in [1.82, 2.24) is 15.1 Å². The van der Waals surface area contributed by atoms with Crippen LogP contribution in [0.1, 0.15) is 23.3 Å². The molecule has 1 saturated heterocycles. The van der Waals surface area contributed by atoms with Gasteiger partial charge in [-0.25, -0.2) is 5.10 Å². The number of rotatable bonds is 2. The smallest absolute Gasteiger partial charge is 0.274 e. The van der Waals surface area contributed by atoms with Gasteiger partial charge in [0, 0.05) is 6.07 Å². The highest BCUT2D eigenvalue weighted by atomic mass is 16.3. The zero-order chi connectivity index (χ0) is 12.0. The van der Waals surface area contributed by atoms with Gasteiger partial charge >= 0.3 is 0 Å². The summed E-state index contributed by atoms with van der Waals surface area (Å²) < 4.78 is 0. The number of hydrogen-bond donors (Lipinski definition) is 2. The van der Waals surface area contributed by atoms with E-state index in [1.165, 1.54) is 12.1 Å². The van der Waals surface area contributed by atoms with Crippen molar-refractivity contribution in [2.45, 2.75) is 18.4 Å². The topological polar surface area (TPSA) is 86.3 Å². The molecule has 1 aromatic heterocycles. The number of amides is 1. The number of H-pyrrole nitrogens is 1. The highest BCUT2D eigenvalue weighted by molar-refractivity contribution is 5.92. The number of hydrogen-bond acceptors (Lipinski definition) is 4. The molecule has 2 aliphatic rings. The summed E-state index contributed by atoms with van der Waals surface area (Å²) in [6.07, 6.45) is 2.10. The number of aliphatic hydroxyl groups is 1. The number of likely N-dealkylation sites (tertiary alicyclic amines) is 1. The van der Waals surface area contributed by atoms with Crippen LogP contribution >= 0.6 is 0 Å². The lowest BCUT2D eigenvalue weighted by Crippen LogP contribution is -2.64. The third-order valence-corrected chi connectivity index (χ3v) is 3.45. The summed E-state index contributed by atoms with van der Waals surface area (Å²) in [5.74, 6) is 0.113. The predicted octanol–water partition coefficient (Wildman–Crippen LogP) is -0.633. The maximum absolute atomic E-state index is 11.9. The van der Waals surface area contributed by atoms with Gasteiger partial charge in [0.05, 0.1) is 13.1 Å². The van der Waals surface area contributed by atoms with Gasteiger partial charge in [-0.15, -0.1) is 0 Å². The Balaban J connectivity index is 1.68. The highest BCUT2D eigenvalue weighted by Gasteiger charge is 2.53. The van der Waals surface area contributed by atoms with Crippen LogP contribution in [0.3, 0.4) is 0 Å². The van der Waals surface area contributed by atoms with Crippen molar-refractivity contribution in [2.75, 3.05) is 13.1 Å². The van der Waals surface area contributed by atoms with Crippen molar-refractivity contribution in [3.63, 3.8) is 0 Å². The Morgan fingerprint density at radius 2 is 2.18 bits per heavy atom. The van der Waals surface area contributed by atoms with Gasteiger partial charge in [-0.05, 0) is 24.8 Å². The van der Waals surface area contributed by atoms with E-state index in [4.69, 9.17) is 0 Å². The minimum Gasteiger partial charge on any atom is -0.386 e. The molecule has 1 saturated carbocycles. The molecule has 1 aliphatic heterocycles. The van der Waals surface area contributed by atoms with E-state index < -0.39 is 5.60 Å². The second kappa shape index (κ2) is 3.40. The third kappa shape index (κ3) is 1.74. The van der Waals surface area contributed by atoms with Crippen LogP contribution in [0.2, 0.25) is 0 Å². The van der Waals surface area contributed by atoms with Gasteiger partial charge in [-0.3, -0.25) is 9.59 Å². The van der Waals surface area contributed by atoms with Crippen molar-refractivity contribution in [2.24, 2.45) is 5.92 Å². The lowest BCUT2D eigenvalue weighted by atomic mass is 9.88. The predicted molar refractivity (Wildman–Crippen MR) is 58.4 cm³/mol. The highest BCUT2D eigenvalue weighted by Crippen LogP contribution is 2.44. The van der Waals surface area contributed by atoms with Gasteiger partial charge in [-0.1, -0.05) is 0 Å². The lowest BCUT2D eigenvalue weighted by molar-refractivity contribution is -0.0959. The van der Waals surface area contributed by atoms with Crippen molar-refractivity contribution in [3.8, 4) is 0 Å². The van der Waals surface area contributed by atoms with Gasteiger partial charge in [-0.2, -0.15) is 5.10 Å². The fraction of sp³-hybridized carbons (Fsp3) is 0.545. The molecule has 6 heteroatoms. The average Bonchev–Trinajstić information content (AvgIpc) is 3.09. The molecule has 1 amide bonds. The summed E-state index contributed by atoms with van der Waals surface area (Å²) in [7, 11) is 0. The van der Waals surface area contributed by atoms with Crippen LogP contribution in [-0.4, -0.2) is 44.8 Å². The van der Waals surface area contributed by atoms with Crippen LogP contribution in [0, 0.1) is 5.92 Å². The Morgan fingerprint density at radius 1 is 1.47 bits per heavy atom. The zero-order valence-electron chi connectivity index (χ0n) is 9.22. The van der Waals surface area contributed by atoms with Gasteiger partial charge < -0.3 is 10.0 Å². The number of nitrogens with one attached hydrogen (secondary N) is 1. The molecule has 0 aromatic carbocycles. The molecule has 0 bridgehead atoms. The molecule has 2 N–H and O–H groups in total. The van der Waals surface area contributed by atoms with Crippen LogP contribution in [0.15, 0.2) is 16.9 Å². The first-order valence-electron chi connectivity index (χ1n) is 5.66. The largest absolute Gasteiger partial charge is 0.386 e. The maximum Gasteiger partial charge on any atom is 0.274 e. The van der Waals surface area contributed by atoms with Gasteiger partial charge in [0.25, 0.3) is 11.5 Å². The Morgan fingerprint density at radius 3 is 2.71 bits per heavy atom. The van der Waals surface area contributed by atoms with E-state index in [-0.39, 0.29) is 17.2 Å². The molecular weight excluding hydrogens is 222 g/mol. The summed E-state index contributed by atoms with van der Waals surface area (Å²) in [6.45, 7) is 0.745. The number of β-amino-alcohol motifs (C(OH)–C–C–N with tert-alkyl or cyclic N) is 1. The van der Waals surface area contributed by atoms with E-state index in [1.54, 1.807) is 4.90 Å². The van der Waals surface area contributed by atoms with E-state index in [0.717, 1.165) is 12.8 Å². The van der Waals surface area contributed by atoms with Crippen molar-refractivity contribution in [3.05, 3.63) is 28.2 Å². The van der Waals surface area contributed by atoms with E-state index in [1.807, 2.05) is 0 Å². The number of carbonyl (C=O) groups is 1. The molecule has 3 rings (SSSR count). The molecule has 1 aromatic rings. The SMILES string of the molecule is O=C(c1ccc(=O)[nH]n1)N1CC(O)(C2CC2)C1.